The second kappa shape index (κ2) is 6.39. The smallest absolute Gasteiger partial charge is 0.131 e. The summed E-state index contributed by atoms with van der Waals surface area (Å²) in [5, 5.41) is 15.3. The zero-order chi connectivity index (χ0) is 11.9. The Hall–Kier alpha value is -1.36. The van der Waals surface area contributed by atoms with Crippen molar-refractivity contribution < 1.29 is 5.11 Å². The largest absolute Gasteiger partial charge is 0.396 e. The Labute approximate surface area is 102 Å². The molecule has 1 aliphatic rings. The molecule has 0 bridgehead atoms. The van der Waals surface area contributed by atoms with E-state index in [-0.39, 0.29) is 6.61 Å². The maximum Gasteiger partial charge on any atom is 0.131 e. The summed E-state index contributed by atoms with van der Waals surface area (Å²) in [6, 6.07) is 2.49. The van der Waals surface area contributed by atoms with Crippen LogP contribution in [0.15, 0.2) is 12.4 Å². The summed E-state index contributed by atoms with van der Waals surface area (Å²) in [4.78, 5) is 8.36. The first-order valence-corrected chi connectivity index (χ1v) is 6.32. The van der Waals surface area contributed by atoms with E-state index in [9.17, 15) is 0 Å². The lowest BCUT2D eigenvalue weighted by molar-refractivity contribution is 0.292. The molecule has 1 heterocycles. The van der Waals surface area contributed by atoms with Gasteiger partial charge in [-0.05, 0) is 19.3 Å². The van der Waals surface area contributed by atoms with Gasteiger partial charge in [0.2, 0.25) is 0 Å². The van der Waals surface area contributed by atoms with Crippen LogP contribution >= 0.6 is 0 Å². The van der Waals surface area contributed by atoms with Gasteiger partial charge in [0.15, 0.2) is 0 Å². The van der Waals surface area contributed by atoms with Crippen molar-refractivity contribution in [1.29, 1.82) is 0 Å². The Morgan fingerprint density at radius 2 is 2.00 bits per heavy atom. The van der Waals surface area contributed by atoms with Gasteiger partial charge in [0.05, 0.1) is 0 Å². The minimum Gasteiger partial charge on any atom is -0.396 e. The van der Waals surface area contributed by atoms with E-state index >= 15 is 0 Å². The summed E-state index contributed by atoms with van der Waals surface area (Å²) in [7, 11) is 0. The maximum absolute atomic E-state index is 8.70. The van der Waals surface area contributed by atoms with Crippen LogP contribution < -0.4 is 10.6 Å². The molecule has 1 saturated carbocycles. The van der Waals surface area contributed by atoms with Gasteiger partial charge < -0.3 is 15.7 Å². The molecule has 1 aromatic heterocycles. The van der Waals surface area contributed by atoms with Gasteiger partial charge in [0.25, 0.3) is 0 Å². The Morgan fingerprint density at radius 1 is 1.24 bits per heavy atom. The van der Waals surface area contributed by atoms with E-state index in [0.29, 0.717) is 6.04 Å². The van der Waals surface area contributed by atoms with Crippen molar-refractivity contribution in [3.8, 4) is 0 Å². The first-order chi connectivity index (χ1) is 8.38. The highest BCUT2D eigenvalue weighted by molar-refractivity contribution is 5.46. The van der Waals surface area contributed by atoms with Gasteiger partial charge in [-0.15, -0.1) is 0 Å². The minimum absolute atomic E-state index is 0.200. The summed E-state index contributed by atoms with van der Waals surface area (Å²) in [5.74, 6) is 1.70. The third kappa shape index (κ3) is 3.85. The molecule has 0 spiro atoms. The second-order valence-electron chi connectivity index (χ2n) is 4.42. The van der Waals surface area contributed by atoms with E-state index in [1.54, 1.807) is 6.33 Å². The van der Waals surface area contributed by atoms with E-state index in [0.717, 1.165) is 24.6 Å². The van der Waals surface area contributed by atoms with Gasteiger partial charge in [-0.25, -0.2) is 9.97 Å². The first kappa shape index (κ1) is 12.1. The highest BCUT2D eigenvalue weighted by atomic mass is 16.3. The van der Waals surface area contributed by atoms with Crippen molar-refractivity contribution in [2.45, 2.75) is 38.1 Å². The minimum atomic E-state index is 0.200. The average Bonchev–Trinajstić information content (AvgIpc) is 2.83. The molecule has 0 saturated heterocycles. The normalized spacial score (nSPS) is 16.1. The van der Waals surface area contributed by atoms with Gasteiger partial charge in [-0.3, -0.25) is 0 Å². The Bertz CT molecular complexity index is 339. The number of hydrogen-bond donors (Lipinski definition) is 3. The van der Waals surface area contributed by atoms with Crippen molar-refractivity contribution in [2.75, 3.05) is 23.8 Å². The van der Waals surface area contributed by atoms with Crippen molar-refractivity contribution in [3.05, 3.63) is 12.4 Å². The molecule has 2 rings (SSSR count). The molecule has 1 fully saturated rings. The fourth-order valence-electron chi connectivity index (χ4n) is 2.11. The van der Waals surface area contributed by atoms with Crippen molar-refractivity contribution in [2.24, 2.45) is 0 Å². The standard InChI is InChI=1S/C12H20N4O/c17-7-3-6-13-11-8-12(15-9-14-11)16-10-4-1-2-5-10/h8-10,17H,1-7H2,(H2,13,14,15,16). The second-order valence-corrected chi connectivity index (χ2v) is 4.42. The summed E-state index contributed by atoms with van der Waals surface area (Å²) < 4.78 is 0. The number of hydrogen-bond acceptors (Lipinski definition) is 5. The van der Waals surface area contributed by atoms with Crippen LogP contribution in [0.2, 0.25) is 0 Å². The molecular weight excluding hydrogens is 216 g/mol. The lowest BCUT2D eigenvalue weighted by Gasteiger charge is -2.13. The fourth-order valence-corrected chi connectivity index (χ4v) is 2.11. The quantitative estimate of drug-likeness (QED) is 0.655. The lowest BCUT2D eigenvalue weighted by atomic mass is 10.2. The zero-order valence-electron chi connectivity index (χ0n) is 10.0. The monoisotopic (exact) mass is 236 g/mol. The van der Waals surface area contributed by atoms with E-state index < -0.39 is 0 Å². The van der Waals surface area contributed by atoms with Crippen LogP contribution in [0.5, 0.6) is 0 Å². The fraction of sp³-hybridized carbons (Fsp3) is 0.667. The van der Waals surface area contributed by atoms with Gasteiger partial charge in [0.1, 0.15) is 18.0 Å². The van der Waals surface area contributed by atoms with E-state index in [1.165, 1.54) is 25.7 Å². The van der Waals surface area contributed by atoms with Gasteiger partial charge >= 0.3 is 0 Å². The maximum atomic E-state index is 8.70. The van der Waals surface area contributed by atoms with Crippen LogP contribution in [0.25, 0.3) is 0 Å². The molecule has 3 N–H and O–H groups in total. The Morgan fingerprint density at radius 3 is 2.76 bits per heavy atom. The predicted molar refractivity (Wildman–Crippen MR) is 68.1 cm³/mol. The molecule has 1 aliphatic carbocycles. The van der Waals surface area contributed by atoms with Crippen LogP contribution in [0.1, 0.15) is 32.1 Å². The number of aliphatic hydroxyl groups excluding tert-OH is 1. The van der Waals surface area contributed by atoms with Crippen molar-refractivity contribution in [3.63, 3.8) is 0 Å². The van der Waals surface area contributed by atoms with Gasteiger partial charge in [-0.1, -0.05) is 12.8 Å². The van der Waals surface area contributed by atoms with Crippen molar-refractivity contribution >= 4 is 11.6 Å². The van der Waals surface area contributed by atoms with E-state index in [1.807, 2.05) is 6.07 Å². The molecule has 0 aromatic carbocycles. The third-order valence-electron chi connectivity index (χ3n) is 3.02. The first-order valence-electron chi connectivity index (χ1n) is 6.32. The summed E-state index contributed by atoms with van der Waals surface area (Å²) in [5.41, 5.74) is 0. The molecule has 0 radical (unpaired) electrons. The molecule has 0 aliphatic heterocycles. The predicted octanol–water partition coefficient (Wildman–Crippen LogP) is 1.63. The molecule has 0 amide bonds. The highest BCUT2D eigenvalue weighted by Crippen LogP contribution is 2.21. The number of nitrogens with zero attached hydrogens (tertiary/aromatic N) is 2. The molecule has 17 heavy (non-hydrogen) atoms. The zero-order valence-corrected chi connectivity index (χ0v) is 10.0. The van der Waals surface area contributed by atoms with E-state index in [2.05, 4.69) is 20.6 Å². The number of rotatable bonds is 6. The number of aromatic nitrogens is 2. The highest BCUT2D eigenvalue weighted by Gasteiger charge is 2.14. The lowest BCUT2D eigenvalue weighted by Crippen LogP contribution is -2.16. The molecular formula is C12H20N4O. The number of aliphatic hydroxyl groups is 1. The van der Waals surface area contributed by atoms with Crippen LogP contribution in [0.4, 0.5) is 11.6 Å². The molecule has 0 unspecified atom stereocenters. The summed E-state index contributed by atoms with van der Waals surface area (Å²) in [6.45, 7) is 0.932. The van der Waals surface area contributed by atoms with Crippen LogP contribution in [-0.4, -0.2) is 34.3 Å². The van der Waals surface area contributed by atoms with Crippen LogP contribution in [-0.2, 0) is 0 Å². The van der Waals surface area contributed by atoms with Gasteiger partial charge in [-0.2, -0.15) is 0 Å². The molecule has 1 aromatic rings. The summed E-state index contributed by atoms with van der Waals surface area (Å²) in [6.07, 6.45) is 7.39. The molecule has 5 heteroatoms. The van der Waals surface area contributed by atoms with Crippen LogP contribution in [0, 0.1) is 0 Å². The number of nitrogens with one attached hydrogen (secondary N) is 2. The molecule has 5 nitrogen and oxygen atoms in total. The van der Waals surface area contributed by atoms with Gasteiger partial charge in [0, 0.05) is 25.3 Å². The molecule has 94 valence electrons. The van der Waals surface area contributed by atoms with Crippen molar-refractivity contribution in [1.82, 2.24) is 9.97 Å². The van der Waals surface area contributed by atoms with Crippen LogP contribution in [0.3, 0.4) is 0 Å². The molecule has 0 atom stereocenters. The average molecular weight is 236 g/mol. The summed E-state index contributed by atoms with van der Waals surface area (Å²) >= 11 is 0. The Balaban J connectivity index is 1.86. The number of anilines is 2. The SMILES string of the molecule is OCCCNc1cc(NC2CCCC2)ncn1. The Kier molecular flexibility index (Phi) is 4.55. The van der Waals surface area contributed by atoms with E-state index in [4.69, 9.17) is 5.11 Å². The topological polar surface area (TPSA) is 70.1 Å². The third-order valence-corrected chi connectivity index (χ3v) is 3.02.